The van der Waals surface area contributed by atoms with Gasteiger partial charge >= 0.3 is 0 Å². The lowest BCUT2D eigenvalue weighted by atomic mass is 10.1. The van der Waals surface area contributed by atoms with E-state index < -0.39 is 0 Å². The van der Waals surface area contributed by atoms with Gasteiger partial charge in [-0.25, -0.2) is 9.97 Å². The molecule has 3 rings (SSSR count). The van der Waals surface area contributed by atoms with Gasteiger partial charge in [0, 0.05) is 25.4 Å². The first-order valence-electron chi connectivity index (χ1n) is 7.47. The molecule has 3 heterocycles. The topological polar surface area (TPSA) is 60.4 Å². The second-order valence-corrected chi connectivity index (χ2v) is 5.26. The third-order valence-corrected chi connectivity index (χ3v) is 3.73. The van der Waals surface area contributed by atoms with Crippen molar-refractivity contribution in [3.05, 3.63) is 42.5 Å². The van der Waals surface area contributed by atoms with E-state index in [1.807, 2.05) is 24.3 Å². The SMILES string of the molecule is COc1cc(N2CCC[C@@H](OCc3ccccn3)C2)ncn1. The fourth-order valence-corrected chi connectivity index (χ4v) is 2.58. The van der Waals surface area contributed by atoms with Crippen molar-refractivity contribution in [2.45, 2.75) is 25.6 Å². The number of rotatable bonds is 5. The van der Waals surface area contributed by atoms with E-state index in [1.54, 1.807) is 13.3 Å². The number of methoxy groups -OCH3 is 1. The Hall–Kier alpha value is -2.21. The summed E-state index contributed by atoms with van der Waals surface area (Å²) < 4.78 is 11.2. The smallest absolute Gasteiger partial charge is 0.218 e. The van der Waals surface area contributed by atoms with Crippen molar-refractivity contribution in [3.63, 3.8) is 0 Å². The normalized spacial score (nSPS) is 18.2. The molecule has 0 saturated carbocycles. The van der Waals surface area contributed by atoms with Crippen molar-refractivity contribution in [1.82, 2.24) is 15.0 Å². The summed E-state index contributed by atoms with van der Waals surface area (Å²) in [7, 11) is 1.61. The zero-order valence-corrected chi connectivity index (χ0v) is 12.7. The highest BCUT2D eigenvalue weighted by Crippen LogP contribution is 2.22. The van der Waals surface area contributed by atoms with Gasteiger partial charge in [-0.2, -0.15) is 0 Å². The van der Waals surface area contributed by atoms with E-state index in [9.17, 15) is 0 Å². The maximum atomic E-state index is 6.00. The van der Waals surface area contributed by atoms with Crippen LogP contribution in [0.4, 0.5) is 5.82 Å². The summed E-state index contributed by atoms with van der Waals surface area (Å²) in [6.45, 7) is 2.35. The van der Waals surface area contributed by atoms with Crippen molar-refractivity contribution >= 4 is 5.82 Å². The van der Waals surface area contributed by atoms with E-state index in [0.717, 1.165) is 37.4 Å². The molecule has 0 spiro atoms. The third kappa shape index (κ3) is 3.71. The Kier molecular flexibility index (Phi) is 4.80. The van der Waals surface area contributed by atoms with Gasteiger partial charge in [0.25, 0.3) is 0 Å². The molecule has 0 aromatic carbocycles. The molecular weight excluding hydrogens is 280 g/mol. The van der Waals surface area contributed by atoms with E-state index >= 15 is 0 Å². The van der Waals surface area contributed by atoms with Crippen LogP contribution in [0.15, 0.2) is 36.8 Å². The predicted octanol–water partition coefficient (Wildman–Crippen LogP) is 2.07. The summed E-state index contributed by atoms with van der Waals surface area (Å²) in [5.41, 5.74) is 0.961. The molecule has 6 nitrogen and oxygen atoms in total. The zero-order chi connectivity index (χ0) is 15.2. The van der Waals surface area contributed by atoms with Crippen LogP contribution >= 0.6 is 0 Å². The molecule has 0 N–H and O–H groups in total. The summed E-state index contributed by atoms with van der Waals surface area (Å²) in [5, 5.41) is 0. The summed E-state index contributed by atoms with van der Waals surface area (Å²) in [4.78, 5) is 14.9. The van der Waals surface area contributed by atoms with E-state index in [1.165, 1.54) is 6.33 Å². The molecule has 6 heteroatoms. The molecule has 2 aromatic rings. The Morgan fingerprint density at radius 3 is 3.05 bits per heavy atom. The molecule has 1 atom stereocenters. The maximum absolute atomic E-state index is 6.00. The lowest BCUT2D eigenvalue weighted by molar-refractivity contribution is 0.0297. The molecule has 0 radical (unpaired) electrons. The van der Waals surface area contributed by atoms with E-state index in [4.69, 9.17) is 9.47 Å². The highest BCUT2D eigenvalue weighted by Gasteiger charge is 2.22. The Morgan fingerprint density at radius 1 is 1.27 bits per heavy atom. The first-order chi connectivity index (χ1) is 10.8. The third-order valence-electron chi connectivity index (χ3n) is 3.73. The molecule has 1 aliphatic heterocycles. The van der Waals surface area contributed by atoms with E-state index in [0.29, 0.717) is 12.5 Å². The molecule has 1 aliphatic rings. The first kappa shape index (κ1) is 14.7. The second-order valence-electron chi connectivity index (χ2n) is 5.26. The van der Waals surface area contributed by atoms with Crippen molar-refractivity contribution in [2.24, 2.45) is 0 Å². The van der Waals surface area contributed by atoms with Gasteiger partial charge in [-0.1, -0.05) is 6.07 Å². The van der Waals surface area contributed by atoms with Crippen LogP contribution < -0.4 is 9.64 Å². The summed E-state index contributed by atoms with van der Waals surface area (Å²) >= 11 is 0. The van der Waals surface area contributed by atoms with Crippen LogP contribution in [0.1, 0.15) is 18.5 Å². The van der Waals surface area contributed by atoms with Crippen LogP contribution in [0.3, 0.4) is 0 Å². The summed E-state index contributed by atoms with van der Waals surface area (Å²) in [6.07, 6.45) is 5.66. The zero-order valence-electron chi connectivity index (χ0n) is 12.7. The van der Waals surface area contributed by atoms with Crippen LogP contribution in [0.5, 0.6) is 5.88 Å². The molecule has 1 fully saturated rings. The molecule has 22 heavy (non-hydrogen) atoms. The molecule has 0 aliphatic carbocycles. The van der Waals surface area contributed by atoms with Gasteiger partial charge in [0.15, 0.2) is 0 Å². The average molecular weight is 300 g/mol. The van der Waals surface area contributed by atoms with Crippen LogP contribution in [0.25, 0.3) is 0 Å². The van der Waals surface area contributed by atoms with Crippen LogP contribution in [0.2, 0.25) is 0 Å². The number of hydrogen-bond acceptors (Lipinski definition) is 6. The average Bonchev–Trinajstić information content (AvgIpc) is 2.61. The van der Waals surface area contributed by atoms with Crippen molar-refractivity contribution in [1.29, 1.82) is 0 Å². The Bertz CT molecular complexity index is 594. The lowest BCUT2D eigenvalue weighted by Crippen LogP contribution is -2.40. The van der Waals surface area contributed by atoms with Crippen LogP contribution in [-0.4, -0.2) is 41.3 Å². The van der Waals surface area contributed by atoms with E-state index in [-0.39, 0.29) is 6.10 Å². The largest absolute Gasteiger partial charge is 0.481 e. The molecule has 2 aromatic heterocycles. The van der Waals surface area contributed by atoms with Crippen LogP contribution in [-0.2, 0) is 11.3 Å². The molecule has 0 bridgehead atoms. The van der Waals surface area contributed by atoms with Gasteiger partial charge in [-0.3, -0.25) is 4.98 Å². The van der Waals surface area contributed by atoms with Gasteiger partial charge in [-0.15, -0.1) is 0 Å². The van der Waals surface area contributed by atoms with Gasteiger partial charge in [0.2, 0.25) is 5.88 Å². The highest BCUT2D eigenvalue weighted by atomic mass is 16.5. The van der Waals surface area contributed by atoms with Gasteiger partial charge in [0.1, 0.15) is 12.1 Å². The minimum Gasteiger partial charge on any atom is -0.481 e. The van der Waals surface area contributed by atoms with Gasteiger partial charge < -0.3 is 14.4 Å². The minimum atomic E-state index is 0.191. The maximum Gasteiger partial charge on any atom is 0.218 e. The molecule has 116 valence electrons. The summed E-state index contributed by atoms with van der Waals surface area (Å²) in [5.74, 6) is 1.47. The molecule has 0 amide bonds. The predicted molar refractivity (Wildman–Crippen MR) is 82.8 cm³/mol. The first-order valence-corrected chi connectivity index (χ1v) is 7.47. The van der Waals surface area contributed by atoms with Crippen molar-refractivity contribution in [3.8, 4) is 5.88 Å². The Morgan fingerprint density at radius 2 is 2.23 bits per heavy atom. The Balaban J connectivity index is 1.59. The van der Waals surface area contributed by atoms with Gasteiger partial charge in [0.05, 0.1) is 25.5 Å². The highest BCUT2D eigenvalue weighted by molar-refractivity contribution is 5.41. The molecule has 1 saturated heterocycles. The van der Waals surface area contributed by atoms with E-state index in [2.05, 4.69) is 19.9 Å². The second kappa shape index (κ2) is 7.17. The quantitative estimate of drug-likeness (QED) is 0.842. The summed E-state index contributed by atoms with van der Waals surface area (Å²) in [6, 6.07) is 7.73. The fourth-order valence-electron chi connectivity index (χ4n) is 2.58. The lowest BCUT2D eigenvalue weighted by Gasteiger charge is -2.33. The van der Waals surface area contributed by atoms with Crippen LogP contribution in [0, 0.1) is 0 Å². The molecular formula is C16H20N4O2. The number of piperidine rings is 1. The van der Waals surface area contributed by atoms with Crippen molar-refractivity contribution in [2.75, 3.05) is 25.1 Å². The van der Waals surface area contributed by atoms with Crippen molar-refractivity contribution < 1.29 is 9.47 Å². The van der Waals surface area contributed by atoms with Gasteiger partial charge in [-0.05, 0) is 25.0 Å². The fraction of sp³-hybridized carbons (Fsp3) is 0.438. The standard InChI is InChI=1S/C16H20N4O2/c1-21-16-9-15(18-12-19-16)20-8-4-6-14(10-20)22-11-13-5-2-3-7-17-13/h2-3,5,7,9,12,14H,4,6,8,10-11H2,1H3/t14-/m1/s1. The molecule has 0 unspecified atom stereocenters. The number of anilines is 1. The number of aromatic nitrogens is 3. The number of pyridine rings is 1. The number of nitrogens with zero attached hydrogens (tertiary/aromatic N) is 4. The number of hydrogen-bond donors (Lipinski definition) is 0. The Labute approximate surface area is 130 Å². The monoisotopic (exact) mass is 300 g/mol. The number of ether oxygens (including phenoxy) is 2. The minimum absolute atomic E-state index is 0.191.